The molecule has 2 N–H and O–H groups in total. The lowest BCUT2D eigenvalue weighted by atomic mass is 9.95. The molecule has 0 saturated heterocycles. The van der Waals surface area contributed by atoms with Crippen LogP contribution in [-0.2, 0) is 6.54 Å². The zero-order valence-corrected chi connectivity index (χ0v) is 10.9. The van der Waals surface area contributed by atoms with E-state index in [2.05, 4.69) is 48.3 Å². The second-order valence-electron chi connectivity index (χ2n) is 4.73. The molecule has 2 aromatic carbocycles. The summed E-state index contributed by atoms with van der Waals surface area (Å²) in [5, 5.41) is 1.19. The van der Waals surface area contributed by atoms with Gasteiger partial charge < -0.3 is 5.73 Å². The fourth-order valence-electron chi connectivity index (χ4n) is 2.49. The van der Waals surface area contributed by atoms with Crippen molar-refractivity contribution in [1.29, 1.82) is 0 Å². The molecule has 0 aliphatic rings. The number of hydrogen-bond donors (Lipinski definition) is 1. The fraction of sp³-hybridized carbons (Fsp3) is 0.118. The van der Waals surface area contributed by atoms with Crippen molar-refractivity contribution >= 4 is 10.9 Å². The lowest BCUT2D eigenvalue weighted by Gasteiger charge is -2.10. The molecule has 3 rings (SSSR count). The monoisotopic (exact) mass is 248 g/mol. The van der Waals surface area contributed by atoms with Crippen LogP contribution >= 0.6 is 0 Å². The highest BCUT2D eigenvalue weighted by Gasteiger charge is 2.06. The van der Waals surface area contributed by atoms with Crippen molar-refractivity contribution in [2.75, 3.05) is 0 Å². The van der Waals surface area contributed by atoms with Gasteiger partial charge in [0.05, 0.1) is 5.52 Å². The van der Waals surface area contributed by atoms with Crippen LogP contribution in [-0.4, -0.2) is 4.98 Å². The molecule has 0 aliphatic carbocycles. The molecule has 3 aromatic rings. The zero-order chi connectivity index (χ0) is 13.2. The first kappa shape index (κ1) is 11.9. The Bertz CT molecular complexity index is 727. The number of aromatic nitrogens is 1. The minimum Gasteiger partial charge on any atom is -0.326 e. The van der Waals surface area contributed by atoms with Crippen LogP contribution in [0.3, 0.4) is 0 Å². The molecule has 0 aliphatic heterocycles. The highest BCUT2D eigenvalue weighted by Crippen LogP contribution is 2.30. The van der Waals surface area contributed by atoms with Gasteiger partial charge in [0.2, 0.25) is 0 Å². The number of nitrogens with two attached hydrogens (primary N) is 1. The van der Waals surface area contributed by atoms with Gasteiger partial charge in [-0.15, -0.1) is 0 Å². The molecule has 0 unspecified atom stereocenters. The van der Waals surface area contributed by atoms with Crippen LogP contribution in [0.2, 0.25) is 0 Å². The van der Waals surface area contributed by atoms with Crippen LogP contribution in [0.25, 0.3) is 22.0 Å². The maximum atomic E-state index is 5.69. The smallest absolute Gasteiger partial charge is 0.0708 e. The molecule has 1 heterocycles. The number of pyridine rings is 1. The molecule has 19 heavy (non-hydrogen) atoms. The van der Waals surface area contributed by atoms with Gasteiger partial charge in [-0.2, -0.15) is 0 Å². The summed E-state index contributed by atoms with van der Waals surface area (Å²) in [6, 6.07) is 16.8. The molecule has 2 nitrogen and oxygen atoms in total. The summed E-state index contributed by atoms with van der Waals surface area (Å²) in [7, 11) is 0. The summed E-state index contributed by atoms with van der Waals surface area (Å²) in [4.78, 5) is 4.41. The average Bonchev–Trinajstić information content (AvgIpc) is 2.46. The van der Waals surface area contributed by atoms with Gasteiger partial charge in [0.25, 0.3) is 0 Å². The Morgan fingerprint density at radius 3 is 2.68 bits per heavy atom. The lowest BCUT2D eigenvalue weighted by molar-refractivity contribution is 1.07. The number of fused-ring (bicyclic) bond motifs is 1. The highest BCUT2D eigenvalue weighted by atomic mass is 14.6. The van der Waals surface area contributed by atoms with Crippen LogP contribution < -0.4 is 5.73 Å². The Labute approximate surface area is 112 Å². The molecule has 0 spiro atoms. The summed E-state index contributed by atoms with van der Waals surface area (Å²) in [5.74, 6) is 0. The van der Waals surface area contributed by atoms with Gasteiger partial charge in [-0.25, -0.2) is 0 Å². The van der Waals surface area contributed by atoms with Crippen LogP contribution in [0.5, 0.6) is 0 Å². The van der Waals surface area contributed by atoms with Gasteiger partial charge in [-0.05, 0) is 41.3 Å². The topological polar surface area (TPSA) is 38.9 Å². The first-order valence-electron chi connectivity index (χ1n) is 6.43. The van der Waals surface area contributed by atoms with E-state index < -0.39 is 0 Å². The third-order valence-corrected chi connectivity index (χ3v) is 3.46. The van der Waals surface area contributed by atoms with Gasteiger partial charge in [-0.3, -0.25) is 4.98 Å². The minimum atomic E-state index is 0.582. The lowest BCUT2D eigenvalue weighted by Crippen LogP contribution is -1.97. The minimum absolute atomic E-state index is 0.582. The molecule has 0 radical (unpaired) electrons. The molecule has 0 amide bonds. The van der Waals surface area contributed by atoms with E-state index >= 15 is 0 Å². The summed E-state index contributed by atoms with van der Waals surface area (Å²) >= 11 is 0. The number of rotatable bonds is 2. The van der Waals surface area contributed by atoms with Crippen molar-refractivity contribution in [1.82, 2.24) is 4.98 Å². The molecule has 1 aromatic heterocycles. The number of aryl methyl sites for hydroxylation is 1. The van der Waals surface area contributed by atoms with Crippen molar-refractivity contribution in [2.24, 2.45) is 5.73 Å². The van der Waals surface area contributed by atoms with E-state index in [0.29, 0.717) is 6.54 Å². The van der Waals surface area contributed by atoms with E-state index in [1.165, 1.54) is 27.6 Å². The van der Waals surface area contributed by atoms with Crippen LogP contribution in [0, 0.1) is 6.92 Å². The number of hydrogen-bond acceptors (Lipinski definition) is 2. The second-order valence-corrected chi connectivity index (χ2v) is 4.73. The maximum absolute atomic E-state index is 5.69. The number of nitrogens with zero attached hydrogens (tertiary/aromatic N) is 1. The predicted molar refractivity (Wildman–Crippen MR) is 79.8 cm³/mol. The zero-order valence-electron chi connectivity index (χ0n) is 10.9. The molecular weight excluding hydrogens is 232 g/mol. The van der Waals surface area contributed by atoms with Gasteiger partial charge in [0, 0.05) is 18.1 Å². The van der Waals surface area contributed by atoms with Crippen molar-refractivity contribution < 1.29 is 0 Å². The Balaban J connectivity index is 2.24. The standard InChI is InChI=1S/C17H16N2/c1-12-10-13(11-18)7-8-14(12)15-4-2-6-17-16(15)5-3-9-19-17/h2-10H,11,18H2,1H3. The summed E-state index contributed by atoms with van der Waals surface area (Å²) in [6.45, 7) is 2.71. The molecule has 0 saturated carbocycles. The van der Waals surface area contributed by atoms with E-state index in [1.54, 1.807) is 0 Å². The van der Waals surface area contributed by atoms with Gasteiger partial charge in [0.15, 0.2) is 0 Å². The maximum Gasteiger partial charge on any atom is 0.0708 e. The third-order valence-electron chi connectivity index (χ3n) is 3.46. The summed E-state index contributed by atoms with van der Waals surface area (Å²) in [6.07, 6.45) is 1.83. The summed E-state index contributed by atoms with van der Waals surface area (Å²) in [5.41, 5.74) is 11.6. The van der Waals surface area contributed by atoms with Crippen molar-refractivity contribution in [3.8, 4) is 11.1 Å². The Kier molecular flexibility index (Phi) is 3.02. The van der Waals surface area contributed by atoms with Crippen molar-refractivity contribution in [3.05, 3.63) is 65.9 Å². The Morgan fingerprint density at radius 2 is 1.89 bits per heavy atom. The van der Waals surface area contributed by atoms with Crippen molar-refractivity contribution in [2.45, 2.75) is 13.5 Å². The highest BCUT2D eigenvalue weighted by molar-refractivity contribution is 5.95. The quantitative estimate of drug-likeness (QED) is 0.751. The van der Waals surface area contributed by atoms with Gasteiger partial charge in [0.1, 0.15) is 0 Å². The van der Waals surface area contributed by atoms with Crippen LogP contribution in [0.15, 0.2) is 54.7 Å². The Morgan fingerprint density at radius 1 is 1.00 bits per heavy atom. The molecule has 0 bridgehead atoms. The molecule has 94 valence electrons. The second kappa shape index (κ2) is 4.82. The third kappa shape index (κ3) is 2.11. The summed E-state index contributed by atoms with van der Waals surface area (Å²) < 4.78 is 0. The Hall–Kier alpha value is -2.19. The van der Waals surface area contributed by atoms with E-state index in [0.717, 1.165) is 5.52 Å². The van der Waals surface area contributed by atoms with Crippen LogP contribution in [0.1, 0.15) is 11.1 Å². The molecule has 0 fully saturated rings. The molecule has 2 heteroatoms. The van der Waals surface area contributed by atoms with E-state index in [-0.39, 0.29) is 0 Å². The number of benzene rings is 2. The van der Waals surface area contributed by atoms with E-state index in [1.807, 2.05) is 18.3 Å². The predicted octanol–water partition coefficient (Wildman–Crippen LogP) is 3.67. The van der Waals surface area contributed by atoms with Crippen LogP contribution in [0.4, 0.5) is 0 Å². The first-order valence-corrected chi connectivity index (χ1v) is 6.43. The molecular formula is C17H16N2. The largest absolute Gasteiger partial charge is 0.326 e. The van der Waals surface area contributed by atoms with E-state index in [9.17, 15) is 0 Å². The average molecular weight is 248 g/mol. The van der Waals surface area contributed by atoms with Gasteiger partial charge in [-0.1, -0.05) is 36.4 Å². The normalized spacial score (nSPS) is 10.8. The van der Waals surface area contributed by atoms with E-state index in [4.69, 9.17) is 5.73 Å². The van der Waals surface area contributed by atoms with Crippen molar-refractivity contribution in [3.63, 3.8) is 0 Å². The fourth-order valence-corrected chi connectivity index (χ4v) is 2.49. The first-order chi connectivity index (χ1) is 9.29. The SMILES string of the molecule is Cc1cc(CN)ccc1-c1cccc2ncccc12. The van der Waals surface area contributed by atoms with Gasteiger partial charge >= 0.3 is 0 Å². The molecule has 0 atom stereocenters.